The molecule has 0 aromatic heterocycles. The van der Waals surface area contributed by atoms with Gasteiger partial charge in [0.15, 0.2) is 17.3 Å². The summed E-state index contributed by atoms with van der Waals surface area (Å²) in [4.78, 5) is 12.6. The molecule has 116 valence electrons. The van der Waals surface area contributed by atoms with E-state index in [2.05, 4.69) is 13.8 Å². The lowest BCUT2D eigenvalue weighted by Gasteiger charge is -2.10. The maximum atomic E-state index is 12.6. The van der Waals surface area contributed by atoms with E-state index in [0.29, 0.717) is 28.5 Å². The monoisotopic (exact) mass is 298 g/mol. The number of ketones is 1. The second kappa shape index (κ2) is 7.12. The first-order chi connectivity index (χ1) is 10.5. The van der Waals surface area contributed by atoms with Gasteiger partial charge >= 0.3 is 0 Å². The molecule has 2 rings (SSSR count). The lowest BCUT2D eigenvalue weighted by molar-refractivity contribution is 0.103. The molecule has 22 heavy (non-hydrogen) atoms. The first-order valence-corrected chi connectivity index (χ1v) is 7.40. The molecule has 0 spiro atoms. The van der Waals surface area contributed by atoms with Crippen molar-refractivity contribution in [2.75, 3.05) is 14.2 Å². The quantitative estimate of drug-likeness (QED) is 0.752. The van der Waals surface area contributed by atoms with Crippen molar-refractivity contribution in [1.29, 1.82) is 0 Å². The normalized spacial score (nSPS) is 10.6. The van der Waals surface area contributed by atoms with Gasteiger partial charge < -0.3 is 9.47 Å². The Labute approximate surface area is 131 Å². The van der Waals surface area contributed by atoms with E-state index in [1.54, 1.807) is 32.4 Å². The molecule has 0 saturated carbocycles. The highest BCUT2D eigenvalue weighted by molar-refractivity contribution is 6.09. The summed E-state index contributed by atoms with van der Waals surface area (Å²) < 4.78 is 10.4. The molecule has 0 amide bonds. The van der Waals surface area contributed by atoms with Gasteiger partial charge in [0.2, 0.25) is 0 Å². The van der Waals surface area contributed by atoms with E-state index in [9.17, 15) is 4.79 Å². The van der Waals surface area contributed by atoms with Gasteiger partial charge in [-0.3, -0.25) is 4.79 Å². The topological polar surface area (TPSA) is 35.5 Å². The number of carbonyl (C=O) groups is 1. The van der Waals surface area contributed by atoms with Crippen molar-refractivity contribution in [3.8, 4) is 11.5 Å². The zero-order chi connectivity index (χ0) is 16.1. The Morgan fingerprint density at radius 3 is 2.05 bits per heavy atom. The van der Waals surface area contributed by atoms with Crippen molar-refractivity contribution in [1.82, 2.24) is 0 Å². The van der Waals surface area contributed by atoms with E-state index in [1.807, 2.05) is 24.3 Å². The average Bonchev–Trinajstić information content (AvgIpc) is 2.53. The summed E-state index contributed by atoms with van der Waals surface area (Å²) in [6.07, 6.45) is 1.02. The van der Waals surface area contributed by atoms with Crippen LogP contribution in [-0.2, 0) is 6.42 Å². The third-order valence-corrected chi connectivity index (χ3v) is 3.51. The van der Waals surface area contributed by atoms with Crippen molar-refractivity contribution in [2.45, 2.75) is 20.3 Å². The van der Waals surface area contributed by atoms with E-state index in [-0.39, 0.29) is 5.78 Å². The molecule has 2 aromatic rings. The van der Waals surface area contributed by atoms with Gasteiger partial charge in [0, 0.05) is 11.1 Å². The Hall–Kier alpha value is -2.29. The largest absolute Gasteiger partial charge is 0.493 e. The van der Waals surface area contributed by atoms with Gasteiger partial charge in [-0.25, -0.2) is 0 Å². The Kier molecular flexibility index (Phi) is 5.21. The molecule has 0 aliphatic carbocycles. The summed E-state index contributed by atoms with van der Waals surface area (Å²) in [5.74, 6) is 1.76. The van der Waals surface area contributed by atoms with Crippen LogP contribution in [0.25, 0.3) is 0 Å². The zero-order valence-electron chi connectivity index (χ0n) is 13.6. The molecule has 0 aliphatic rings. The third kappa shape index (κ3) is 3.67. The predicted octanol–water partition coefficient (Wildman–Crippen LogP) is 4.13. The average molecular weight is 298 g/mol. The molecule has 0 saturated heterocycles. The SMILES string of the molecule is COc1ccc(C(=O)c2ccc(CC(C)C)cc2)cc1OC. The van der Waals surface area contributed by atoms with Crippen molar-refractivity contribution in [3.63, 3.8) is 0 Å². The van der Waals surface area contributed by atoms with E-state index in [4.69, 9.17) is 9.47 Å². The molecule has 0 N–H and O–H groups in total. The van der Waals surface area contributed by atoms with Crippen LogP contribution in [-0.4, -0.2) is 20.0 Å². The van der Waals surface area contributed by atoms with Crippen molar-refractivity contribution < 1.29 is 14.3 Å². The standard InChI is InChI=1S/C19H22O3/c1-13(2)11-14-5-7-15(8-6-14)19(20)16-9-10-17(21-3)18(12-16)22-4/h5-10,12-13H,11H2,1-4H3. The van der Waals surface area contributed by atoms with Crippen molar-refractivity contribution in [3.05, 3.63) is 59.2 Å². The van der Waals surface area contributed by atoms with Gasteiger partial charge in [0.25, 0.3) is 0 Å². The molecular formula is C19H22O3. The van der Waals surface area contributed by atoms with Crippen molar-refractivity contribution in [2.24, 2.45) is 5.92 Å². The molecule has 0 aliphatic heterocycles. The summed E-state index contributed by atoms with van der Waals surface area (Å²) >= 11 is 0. The van der Waals surface area contributed by atoms with E-state index < -0.39 is 0 Å². The smallest absolute Gasteiger partial charge is 0.193 e. The highest BCUT2D eigenvalue weighted by Crippen LogP contribution is 2.28. The molecule has 3 heteroatoms. The second-order valence-electron chi connectivity index (χ2n) is 5.69. The van der Waals surface area contributed by atoms with Crippen LogP contribution in [0.4, 0.5) is 0 Å². The summed E-state index contributed by atoms with van der Waals surface area (Å²) in [5.41, 5.74) is 2.52. The number of rotatable bonds is 6. The van der Waals surface area contributed by atoms with Gasteiger partial charge in [-0.1, -0.05) is 38.1 Å². The Morgan fingerprint density at radius 2 is 1.50 bits per heavy atom. The van der Waals surface area contributed by atoms with Gasteiger partial charge in [-0.15, -0.1) is 0 Å². The molecular weight excluding hydrogens is 276 g/mol. The van der Waals surface area contributed by atoms with Gasteiger partial charge in [0.05, 0.1) is 14.2 Å². The zero-order valence-corrected chi connectivity index (χ0v) is 13.6. The Bertz CT molecular complexity index is 642. The highest BCUT2D eigenvalue weighted by Gasteiger charge is 2.13. The Balaban J connectivity index is 2.24. The fourth-order valence-electron chi connectivity index (χ4n) is 2.41. The number of benzene rings is 2. The maximum Gasteiger partial charge on any atom is 0.193 e. The molecule has 2 aromatic carbocycles. The van der Waals surface area contributed by atoms with Gasteiger partial charge in [-0.05, 0) is 36.1 Å². The number of hydrogen-bond acceptors (Lipinski definition) is 3. The second-order valence-corrected chi connectivity index (χ2v) is 5.69. The van der Waals surface area contributed by atoms with Crippen LogP contribution in [0.3, 0.4) is 0 Å². The lowest BCUT2D eigenvalue weighted by atomic mass is 9.98. The first-order valence-electron chi connectivity index (χ1n) is 7.40. The summed E-state index contributed by atoms with van der Waals surface area (Å²) in [6.45, 7) is 4.37. The summed E-state index contributed by atoms with van der Waals surface area (Å²) in [6, 6.07) is 13.0. The molecule has 0 unspecified atom stereocenters. The lowest BCUT2D eigenvalue weighted by Crippen LogP contribution is -2.03. The van der Waals surface area contributed by atoms with Crippen LogP contribution in [0.15, 0.2) is 42.5 Å². The van der Waals surface area contributed by atoms with Gasteiger partial charge in [0.1, 0.15) is 0 Å². The predicted molar refractivity (Wildman–Crippen MR) is 88.0 cm³/mol. The van der Waals surface area contributed by atoms with Crippen molar-refractivity contribution >= 4 is 5.78 Å². The molecule has 0 fully saturated rings. The number of ether oxygens (including phenoxy) is 2. The first kappa shape index (κ1) is 16.1. The third-order valence-electron chi connectivity index (χ3n) is 3.51. The summed E-state index contributed by atoms with van der Waals surface area (Å²) in [5, 5.41) is 0. The number of hydrogen-bond donors (Lipinski definition) is 0. The number of carbonyl (C=O) groups excluding carboxylic acids is 1. The fourth-order valence-corrected chi connectivity index (χ4v) is 2.41. The van der Waals surface area contributed by atoms with Crippen LogP contribution in [0.5, 0.6) is 11.5 Å². The molecule has 0 heterocycles. The van der Waals surface area contributed by atoms with E-state index >= 15 is 0 Å². The molecule has 3 nitrogen and oxygen atoms in total. The maximum absolute atomic E-state index is 12.6. The molecule has 0 bridgehead atoms. The summed E-state index contributed by atoms with van der Waals surface area (Å²) in [7, 11) is 3.14. The molecule has 0 atom stereocenters. The minimum atomic E-state index is -0.0166. The minimum Gasteiger partial charge on any atom is -0.493 e. The van der Waals surface area contributed by atoms with Gasteiger partial charge in [-0.2, -0.15) is 0 Å². The van der Waals surface area contributed by atoms with Crippen LogP contribution in [0.1, 0.15) is 35.3 Å². The fraction of sp³-hybridized carbons (Fsp3) is 0.316. The minimum absolute atomic E-state index is 0.0166. The molecule has 0 radical (unpaired) electrons. The van der Waals surface area contributed by atoms with E-state index in [0.717, 1.165) is 6.42 Å². The van der Waals surface area contributed by atoms with E-state index in [1.165, 1.54) is 5.56 Å². The number of methoxy groups -OCH3 is 2. The Morgan fingerprint density at radius 1 is 0.909 bits per heavy atom. The van der Waals surface area contributed by atoms with Crippen LogP contribution < -0.4 is 9.47 Å². The highest BCUT2D eigenvalue weighted by atomic mass is 16.5. The van der Waals surface area contributed by atoms with Crippen LogP contribution in [0.2, 0.25) is 0 Å². The van der Waals surface area contributed by atoms with Crippen LogP contribution >= 0.6 is 0 Å². The van der Waals surface area contributed by atoms with Crippen LogP contribution in [0, 0.1) is 5.92 Å².